The van der Waals surface area contributed by atoms with Gasteiger partial charge in [0.2, 0.25) is 11.8 Å². The second-order valence-corrected chi connectivity index (χ2v) is 16.9. The summed E-state index contributed by atoms with van der Waals surface area (Å²) in [6.45, 7) is 8.10. The second-order valence-electron chi connectivity index (χ2n) is 12.9. The third-order valence-electron chi connectivity index (χ3n) is 9.83. The SMILES string of the molecule is C[C@H]1[C@H]([Si](C)(C)O)[C@@H](CC(=O)N2CCC[C@H]2CO)O[C@]12C(=O)N(Cc1cccc(N3CCNCC3=O)c1)c1ccccc12. The van der Waals surface area contributed by atoms with Crippen molar-refractivity contribution in [2.75, 3.05) is 42.6 Å². The van der Waals surface area contributed by atoms with Crippen molar-refractivity contribution in [3.63, 3.8) is 0 Å². The molecular weight excluding hydrogens is 564 g/mol. The van der Waals surface area contributed by atoms with Crippen LogP contribution in [0.1, 0.15) is 37.3 Å². The Kier molecular flexibility index (Phi) is 7.97. The van der Waals surface area contributed by atoms with Crippen LogP contribution in [0, 0.1) is 5.92 Å². The Morgan fingerprint density at radius 1 is 1.14 bits per heavy atom. The lowest BCUT2D eigenvalue weighted by atomic mass is 9.82. The molecule has 3 amide bonds. The molecule has 3 N–H and O–H groups in total. The summed E-state index contributed by atoms with van der Waals surface area (Å²) in [6.07, 6.45) is 1.04. The molecule has 230 valence electrons. The fourth-order valence-electron chi connectivity index (χ4n) is 7.92. The van der Waals surface area contributed by atoms with Crippen molar-refractivity contribution in [3.8, 4) is 0 Å². The fraction of sp³-hybridized carbons (Fsp3) is 0.531. The molecule has 0 bridgehead atoms. The molecule has 0 radical (unpaired) electrons. The van der Waals surface area contributed by atoms with E-state index < -0.39 is 20.0 Å². The number of nitrogens with one attached hydrogen (secondary N) is 1. The van der Waals surface area contributed by atoms with Gasteiger partial charge in [0.1, 0.15) is 0 Å². The number of benzene rings is 2. The number of anilines is 2. The van der Waals surface area contributed by atoms with E-state index in [2.05, 4.69) is 5.32 Å². The fourth-order valence-corrected chi connectivity index (χ4v) is 10.5. The van der Waals surface area contributed by atoms with Crippen LogP contribution in [0.2, 0.25) is 18.6 Å². The van der Waals surface area contributed by atoms with Crippen LogP contribution < -0.4 is 15.1 Å². The molecular formula is C32H42N4O6Si. The number of aliphatic hydroxyl groups excluding tert-OH is 1. The number of ether oxygens (including phenoxy) is 1. The van der Waals surface area contributed by atoms with Crippen LogP contribution in [0.5, 0.6) is 0 Å². The molecule has 6 rings (SSSR count). The summed E-state index contributed by atoms with van der Waals surface area (Å²) in [4.78, 5) is 57.5. The van der Waals surface area contributed by atoms with Gasteiger partial charge in [-0.05, 0) is 49.7 Å². The van der Waals surface area contributed by atoms with Gasteiger partial charge in [0, 0.05) is 42.3 Å². The summed E-state index contributed by atoms with van der Waals surface area (Å²) in [5.74, 6) is -0.659. The third kappa shape index (κ3) is 5.10. The first-order chi connectivity index (χ1) is 20.6. The van der Waals surface area contributed by atoms with Crippen molar-refractivity contribution in [1.82, 2.24) is 10.2 Å². The number of fused-ring (bicyclic) bond motifs is 2. The van der Waals surface area contributed by atoms with Gasteiger partial charge in [-0.1, -0.05) is 37.3 Å². The molecule has 0 aliphatic carbocycles. The molecule has 3 fully saturated rings. The number of hydrogen-bond acceptors (Lipinski definition) is 7. The molecule has 4 aliphatic heterocycles. The van der Waals surface area contributed by atoms with E-state index in [0.717, 1.165) is 41.9 Å². The van der Waals surface area contributed by atoms with Crippen LogP contribution >= 0.6 is 0 Å². The lowest BCUT2D eigenvalue weighted by molar-refractivity contribution is -0.150. The normalized spacial score (nSPS) is 29.2. The molecule has 0 saturated carbocycles. The lowest BCUT2D eigenvalue weighted by Crippen LogP contribution is -2.48. The zero-order chi connectivity index (χ0) is 30.5. The van der Waals surface area contributed by atoms with Crippen LogP contribution in [-0.4, -0.2) is 85.8 Å². The monoisotopic (exact) mass is 606 g/mol. The van der Waals surface area contributed by atoms with Crippen molar-refractivity contribution < 1.29 is 29.0 Å². The van der Waals surface area contributed by atoms with Gasteiger partial charge in [0.05, 0.1) is 44.0 Å². The molecule has 1 spiro atoms. The van der Waals surface area contributed by atoms with Crippen molar-refractivity contribution in [1.29, 1.82) is 0 Å². The van der Waals surface area contributed by atoms with Crippen LogP contribution in [-0.2, 0) is 31.3 Å². The molecule has 10 nitrogen and oxygen atoms in total. The number of rotatable bonds is 7. The van der Waals surface area contributed by atoms with E-state index in [-0.39, 0.29) is 48.3 Å². The first-order valence-corrected chi connectivity index (χ1v) is 18.4. The minimum absolute atomic E-state index is 0.0137. The average Bonchev–Trinajstić information content (AvgIpc) is 3.64. The van der Waals surface area contributed by atoms with Gasteiger partial charge < -0.3 is 34.7 Å². The molecule has 4 heterocycles. The number of carbonyl (C=O) groups excluding carboxylic acids is 3. The maximum atomic E-state index is 14.6. The highest BCUT2D eigenvalue weighted by Crippen LogP contribution is 2.59. The summed E-state index contributed by atoms with van der Waals surface area (Å²) in [7, 11) is -2.91. The molecule has 2 aromatic carbocycles. The molecule has 11 heteroatoms. The first-order valence-electron chi connectivity index (χ1n) is 15.4. The number of para-hydroxylation sites is 1. The molecule has 3 saturated heterocycles. The summed E-state index contributed by atoms with van der Waals surface area (Å²) in [6, 6.07) is 15.2. The largest absolute Gasteiger partial charge is 0.432 e. The number of nitrogens with zero attached hydrogens (tertiary/aromatic N) is 3. The van der Waals surface area contributed by atoms with Crippen molar-refractivity contribution >= 4 is 37.4 Å². The Morgan fingerprint density at radius 2 is 1.93 bits per heavy atom. The van der Waals surface area contributed by atoms with E-state index in [1.165, 1.54) is 0 Å². The zero-order valence-corrected chi connectivity index (χ0v) is 26.2. The lowest BCUT2D eigenvalue weighted by Gasteiger charge is -2.33. The number of aliphatic hydroxyl groups is 1. The van der Waals surface area contributed by atoms with Crippen LogP contribution in [0.25, 0.3) is 0 Å². The highest BCUT2D eigenvalue weighted by molar-refractivity contribution is 6.71. The first kappa shape index (κ1) is 30.0. The molecule has 5 atom stereocenters. The maximum absolute atomic E-state index is 14.6. The minimum atomic E-state index is -2.91. The smallest absolute Gasteiger partial charge is 0.264 e. The summed E-state index contributed by atoms with van der Waals surface area (Å²) < 4.78 is 6.81. The predicted molar refractivity (Wildman–Crippen MR) is 165 cm³/mol. The number of amides is 3. The Morgan fingerprint density at radius 3 is 2.67 bits per heavy atom. The quantitative estimate of drug-likeness (QED) is 0.414. The molecule has 43 heavy (non-hydrogen) atoms. The number of carbonyl (C=O) groups is 3. The highest BCUT2D eigenvalue weighted by Gasteiger charge is 2.66. The van der Waals surface area contributed by atoms with Crippen molar-refractivity contribution in [2.45, 2.75) is 69.1 Å². The topological polar surface area (TPSA) is 123 Å². The standard InChI is InChI=1S/C32H42N4O6Si/c1-21-30(43(2,3)41)27(17-28(38)34-14-7-10-24(34)20-37)42-32(21)25-11-4-5-12-26(25)36(31(32)40)19-22-8-6-9-23(16-22)35-15-13-33-18-29(35)39/h4-6,8-9,11-12,16,21,24,27,30,33,37,41H,7,10,13-15,17-20H2,1-3H3/t21-,24-,27+,30-,32+/m0/s1. The van der Waals surface area contributed by atoms with Gasteiger partial charge in [-0.3, -0.25) is 14.4 Å². The number of hydrogen-bond donors (Lipinski definition) is 3. The Bertz CT molecular complexity index is 1410. The van der Waals surface area contributed by atoms with Crippen molar-refractivity contribution in [2.24, 2.45) is 5.92 Å². The van der Waals surface area contributed by atoms with Crippen molar-refractivity contribution in [3.05, 3.63) is 59.7 Å². The summed E-state index contributed by atoms with van der Waals surface area (Å²) in [5, 5.41) is 12.9. The maximum Gasteiger partial charge on any atom is 0.264 e. The van der Waals surface area contributed by atoms with E-state index in [1.807, 2.05) is 68.5 Å². The molecule has 0 unspecified atom stereocenters. The van der Waals surface area contributed by atoms with Crippen LogP contribution in [0.15, 0.2) is 48.5 Å². The highest BCUT2D eigenvalue weighted by atomic mass is 28.4. The van der Waals surface area contributed by atoms with Gasteiger partial charge >= 0.3 is 0 Å². The second kappa shape index (κ2) is 11.4. The van der Waals surface area contributed by atoms with Gasteiger partial charge in [-0.25, -0.2) is 0 Å². The zero-order valence-electron chi connectivity index (χ0n) is 25.2. The Labute approximate surface area is 253 Å². The van der Waals surface area contributed by atoms with E-state index >= 15 is 0 Å². The van der Waals surface area contributed by atoms with Gasteiger partial charge in [0.15, 0.2) is 13.9 Å². The molecule has 4 aliphatic rings. The molecule has 0 aromatic heterocycles. The number of likely N-dealkylation sites (tertiary alicyclic amines) is 1. The van der Waals surface area contributed by atoms with E-state index in [1.54, 1.807) is 14.7 Å². The van der Waals surface area contributed by atoms with Gasteiger partial charge in [-0.15, -0.1) is 0 Å². The Hall–Kier alpha value is -3.09. The molecule has 2 aromatic rings. The minimum Gasteiger partial charge on any atom is -0.432 e. The third-order valence-corrected chi connectivity index (χ3v) is 12.3. The number of piperazine rings is 1. The van der Waals surface area contributed by atoms with Gasteiger partial charge in [-0.2, -0.15) is 0 Å². The van der Waals surface area contributed by atoms with E-state index in [4.69, 9.17) is 4.74 Å². The summed E-state index contributed by atoms with van der Waals surface area (Å²) >= 11 is 0. The average molecular weight is 607 g/mol. The van der Waals surface area contributed by atoms with Gasteiger partial charge in [0.25, 0.3) is 5.91 Å². The summed E-state index contributed by atoms with van der Waals surface area (Å²) in [5.41, 5.74) is 1.52. The van der Waals surface area contributed by atoms with E-state index in [0.29, 0.717) is 26.2 Å². The predicted octanol–water partition coefficient (Wildman–Crippen LogP) is 2.34. The van der Waals surface area contributed by atoms with E-state index in [9.17, 15) is 24.3 Å². The van der Waals surface area contributed by atoms with Crippen LogP contribution in [0.4, 0.5) is 11.4 Å². The Balaban J connectivity index is 1.32. The van der Waals surface area contributed by atoms with Crippen LogP contribution in [0.3, 0.4) is 0 Å².